The standard InChI is InChI=1S/C13H29N3O2S/c1-5-14-12-6-8-13(9-7-12)16(4)19(17,18)15-10-11(2)3/h11-15H,5-10H2,1-4H3. The van der Waals surface area contributed by atoms with Crippen LogP contribution in [-0.4, -0.2) is 44.9 Å². The van der Waals surface area contributed by atoms with Crippen molar-refractivity contribution in [1.82, 2.24) is 14.3 Å². The summed E-state index contributed by atoms with van der Waals surface area (Å²) in [6, 6.07) is 0.695. The van der Waals surface area contributed by atoms with Gasteiger partial charge in [-0.05, 0) is 38.1 Å². The van der Waals surface area contributed by atoms with E-state index in [-0.39, 0.29) is 6.04 Å². The Morgan fingerprint density at radius 1 is 1.21 bits per heavy atom. The predicted octanol–water partition coefficient (Wildman–Crippen LogP) is 1.33. The molecule has 0 aliphatic heterocycles. The van der Waals surface area contributed by atoms with E-state index in [1.165, 1.54) is 4.31 Å². The molecule has 0 aromatic rings. The lowest BCUT2D eigenvalue weighted by atomic mass is 9.91. The molecular formula is C13H29N3O2S. The molecule has 6 heteroatoms. The number of rotatable bonds is 7. The van der Waals surface area contributed by atoms with Crippen LogP contribution < -0.4 is 10.0 Å². The Bertz CT molecular complexity index is 349. The van der Waals surface area contributed by atoms with Crippen molar-refractivity contribution in [3.05, 3.63) is 0 Å². The Morgan fingerprint density at radius 2 is 1.79 bits per heavy atom. The largest absolute Gasteiger partial charge is 0.314 e. The first-order chi connectivity index (χ1) is 8.86. The summed E-state index contributed by atoms with van der Waals surface area (Å²) in [5.41, 5.74) is 0. The Kier molecular flexibility index (Phi) is 6.73. The van der Waals surface area contributed by atoms with Crippen molar-refractivity contribution in [2.45, 2.75) is 58.5 Å². The van der Waals surface area contributed by atoms with Crippen LogP contribution >= 0.6 is 0 Å². The molecule has 0 bridgehead atoms. The van der Waals surface area contributed by atoms with E-state index in [2.05, 4.69) is 17.0 Å². The molecule has 5 nitrogen and oxygen atoms in total. The smallest absolute Gasteiger partial charge is 0.279 e. The predicted molar refractivity (Wildman–Crippen MR) is 79.2 cm³/mol. The normalized spacial score (nSPS) is 25.2. The fourth-order valence-electron chi connectivity index (χ4n) is 2.50. The monoisotopic (exact) mass is 291 g/mol. The Labute approximate surface area is 118 Å². The fraction of sp³-hybridized carbons (Fsp3) is 1.00. The molecule has 0 heterocycles. The fourth-order valence-corrected chi connectivity index (χ4v) is 3.85. The number of nitrogens with zero attached hydrogens (tertiary/aromatic N) is 1. The third kappa shape index (κ3) is 5.38. The Morgan fingerprint density at radius 3 is 2.26 bits per heavy atom. The summed E-state index contributed by atoms with van der Waals surface area (Å²) >= 11 is 0. The highest BCUT2D eigenvalue weighted by Crippen LogP contribution is 2.23. The van der Waals surface area contributed by atoms with E-state index >= 15 is 0 Å². The number of nitrogens with one attached hydrogen (secondary N) is 2. The zero-order valence-corrected chi connectivity index (χ0v) is 13.5. The van der Waals surface area contributed by atoms with Crippen LogP contribution in [0.15, 0.2) is 0 Å². The minimum absolute atomic E-state index is 0.138. The van der Waals surface area contributed by atoms with Gasteiger partial charge in [0, 0.05) is 25.7 Å². The first-order valence-electron chi connectivity index (χ1n) is 7.32. The molecule has 114 valence electrons. The highest BCUT2D eigenvalue weighted by molar-refractivity contribution is 7.87. The van der Waals surface area contributed by atoms with Crippen LogP contribution in [0.1, 0.15) is 46.5 Å². The van der Waals surface area contributed by atoms with Gasteiger partial charge >= 0.3 is 0 Å². The molecule has 1 saturated carbocycles. The van der Waals surface area contributed by atoms with Crippen molar-refractivity contribution in [3.63, 3.8) is 0 Å². The van der Waals surface area contributed by atoms with Gasteiger partial charge in [0.05, 0.1) is 0 Å². The third-order valence-corrected chi connectivity index (χ3v) is 5.34. The molecule has 1 aliphatic carbocycles. The highest BCUT2D eigenvalue weighted by atomic mass is 32.2. The van der Waals surface area contributed by atoms with Crippen molar-refractivity contribution in [1.29, 1.82) is 0 Å². The van der Waals surface area contributed by atoms with Crippen molar-refractivity contribution in [2.75, 3.05) is 20.1 Å². The van der Waals surface area contributed by atoms with Crippen LogP contribution in [0, 0.1) is 5.92 Å². The molecule has 0 aromatic heterocycles. The molecule has 0 saturated heterocycles. The topological polar surface area (TPSA) is 61.4 Å². The lowest BCUT2D eigenvalue weighted by Crippen LogP contribution is -2.47. The molecule has 1 rings (SSSR count). The maximum absolute atomic E-state index is 12.1. The summed E-state index contributed by atoms with van der Waals surface area (Å²) in [6.07, 6.45) is 4.00. The van der Waals surface area contributed by atoms with Crippen molar-refractivity contribution >= 4 is 10.2 Å². The first-order valence-corrected chi connectivity index (χ1v) is 8.76. The van der Waals surface area contributed by atoms with Gasteiger partial charge in [0.25, 0.3) is 10.2 Å². The van der Waals surface area contributed by atoms with E-state index in [1.54, 1.807) is 7.05 Å². The van der Waals surface area contributed by atoms with Crippen LogP contribution in [0.5, 0.6) is 0 Å². The summed E-state index contributed by atoms with van der Waals surface area (Å²) in [5, 5.41) is 3.44. The van der Waals surface area contributed by atoms with E-state index in [0.717, 1.165) is 32.2 Å². The number of hydrogen-bond acceptors (Lipinski definition) is 3. The van der Waals surface area contributed by atoms with Crippen molar-refractivity contribution < 1.29 is 8.42 Å². The molecule has 2 N–H and O–H groups in total. The van der Waals surface area contributed by atoms with Crippen LogP contribution in [0.4, 0.5) is 0 Å². The molecule has 19 heavy (non-hydrogen) atoms. The average Bonchev–Trinajstić information content (AvgIpc) is 2.37. The van der Waals surface area contributed by atoms with E-state index < -0.39 is 10.2 Å². The zero-order valence-electron chi connectivity index (χ0n) is 12.6. The van der Waals surface area contributed by atoms with Gasteiger partial charge in [-0.25, -0.2) is 4.72 Å². The first kappa shape index (κ1) is 16.9. The maximum Gasteiger partial charge on any atom is 0.279 e. The second kappa shape index (κ2) is 7.57. The van der Waals surface area contributed by atoms with Crippen LogP contribution in [0.25, 0.3) is 0 Å². The molecular weight excluding hydrogens is 262 g/mol. The number of hydrogen-bond donors (Lipinski definition) is 2. The lowest BCUT2D eigenvalue weighted by Gasteiger charge is -2.34. The second-order valence-corrected chi connectivity index (χ2v) is 7.64. The van der Waals surface area contributed by atoms with Crippen LogP contribution in [0.2, 0.25) is 0 Å². The molecule has 1 fully saturated rings. The summed E-state index contributed by atoms with van der Waals surface area (Å²) in [4.78, 5) is 0. The molecule has 0 aromatic carbocycles. The van der Waals surface area contributed by atoms with Gasteiger partial charge < -0.3 is 5.32 Å². The van der Waals surface area contributed by atoms with Crippen LogP contribution in [0.3, 0.4) is 0 Å². The van der Waals surface area contributed by atoms with E-state index in [9.17, 15) is 8.42 Å². The van der Waals surface area contributed by atoms with Crippen molar-refractivity contribution in [3.8, 4) is 0 Å². The van der Waals surface area contributed by atoms with Gasteiger partial charge in [0.15, 0.2) is 0 Å². The van der Waals surface area contributed by atoms with E-state index in [1.807, 2.05) is 13.8 Å². The Hall–Kier alpha value is -0.170. The maximum atomic E-state index is 12.1. The molecule has 0 radical (unpaired) electrons. The van der Waals surface area contributed by atoms with Crippen molar-refractivity contribution in [2.24, 2.45) is 5.92 Å². The minimum atomic E-state index is -3.32. The molecule has 1 aliphatic rings. The zero-order chi connectivity index (χ0) is 14.5. The second-order valence-electron chi connectivity index (χ2n) is 5.83. The summed E-state index contributed by atoms with van der Waals surface area (Å²) < 4.78 is 28.5. The van der Waals surface area contributed by atoms with Gasteiger partial charge in [0.1, 0.15) is 0 Å². The third-order valence-electron chi connectivity index (χ3n) is 3.76. The van der Waals surface area contributed by atoms with Gasteiger partial charge in [0.2, 0.25) is 0 Å². The highest BCUT2D eigenvalue weighted by Gasteiger charge is 2.29. The van der Waals surface area contributed by atoms with E-state index in [0.29, 0.717) is 18.5 Å². The van der Waals surface area contributed by atoms with Gasteiger partial charge in [-0.3, -0.25) is 0 Å². The Balaban J connectivity index is 2.47. The summed E-state index contributed by atoms with van der Waals surface area (Å²) in [6.45, 7) is 7.60. The molecule has 0 atom stereocenters. The van der Waals surface area contributed by atoms with Gasteiger partial charge in [-0.2, -0.15) is 12.7 Å². The van der Waals surface area contributed by atoms with Gasteiger partial charge in [-0.15, -0.1) is 0 Å². The lowest BCUT2D eigenvalue weighted by molar-refractivity contribution is 0.249. The SMILES string of the molecule is CCNC1CCC(N(C)S(=O)(=O)NCC(C)C)CC1. The average molecular weight is 291 g/mol. The summed E-state index contributed by atoms with van der Waals surface area (Å²) in [5.74, 6) is 0.327. The molecule has 0 unspecified atom stereocenters. The van der Waals surface area contributed by atoms with Gasteiger partial charge in [-0.1, -0.05) is 20.8 Å². The summed E-state index contributed by atoms with van der Waals surface area (Å²) in [7, 11) is -1.63. The quantitative estimate of drug-likeness (QED) is 0.744. The molecule has 0 amide bonds. The van der Waals surface area contributed by atoms with E-state index in [4.69, 9.17) is 0 Å². The minimum Gasteiger partial charge on any atom is -0.314 e. The van der Waals surface area contributed by atoms with Crippen LogP contribution in [-0.2, 0) is 10.2 Å². The molecule has 0 spiro atoms.